The van der Waals surface area contributed by atoms with Crippen molar-refractivity contribution in [1.29, 1.82) is 0 Å². The molecule has 0 radical (unpaired) electrons. The molecule has 2 aliphatic rings. The van der Waals surface area contributed by atoms with E-state index < -0.39 is 0 Å². The first-order valence-corrected chi connectivity index (χ1v) is 17.1. The van der Waals surface area contributed by atoms with E-state index in [0.717, 1.165) is 83.1 Å². The van der Waals surface area contributed by atoms with Crippen molar-refractivity contribution in [2.45, 2.75) is 50.6 Å². The van der Waals surface area contributed by atoms with Gasteiger partial charge < -0.3 is 19.8 Å². The quantitative estimate of drug-likeness (QED) is 0.190. The smallest absolute Gasteiger partial charge is 0.227 e. The molecule has 50 heavy (non-hydrogen) atoms. The third-order valence-electron chi connectivity index (χ3n) is 9.66. The third-order valence-corrected chi connectivity index (χ3v) is 9.66. The highest BCUT2D eigenvalue weighted by Gasteiger charge is 2.33. The van der Waals surface area contributed by atoms with E-state index in [1.165, 1.54) is 0 Å². The summed E-state index contributed by atoms with van der Waals surface area (Å²) in [6, 6.07) is 21.6. The Balaban J connectivity index is 0.910. The number of rotatable bonds is 9. The van der Waals surface area contributed by atoms with E-state index in [-0.39, 0.29) is 23.9 Å². The van der Waals surface area contributed by atoms with Crippen molar-refractivity contribution in [2.75, 3.05) is 13.1 Å². The van der Waals surface area contributed by atoms with Crippen LogP contribution in [0.3, 0.4) is 0 Å². The lowest BCUT2D eigenvalue weighted by atomic mass is 10.1. The second kappa shape index (κ2) is 13.9. The Labute approximate surface area is 289 Å². The predicted molar refractivity (Wildman–Crippen MR) is 188 cm³/mol. The maximum absolute atomic E-state index is 13.1. The van der Waals surface area contributed by atoms with Crippen molar-refractivity contribution in [3.8, 4) is 33.9 Å². The molecule has 6 heterocycles. The van der Waals surface area contributed by atoms with Crippen molar-refractivity contribution < 1.29 is 9.59 Å². The number of nitrogens with zero attached hydrogens (tertiary/aromatic N) is 7. The fourth-order valence-corrected chi connectivity index (χ4v) is 7.07. The van der Waals surface area contributed by atoms with E-state index in [0.29, 0.717) is 25.2 Å². The van der Waals surface area contributed by atoms with Gasteiger partial charge in [-0.2, -0.15) is 0 Å². The fourth-order valence-electron chi connectivity index (χ4n) is 7.07. The zero-order chi connectivity index (χ0) is 33.9. The first kappa shape index (κ1) is 31.3. The summed E-state index contributed by atoms with van der Waals surface area (Å²) in [5.74, 6) is 2.42. The van der Waals surface area contributed by atoms with Crippen LogP contribution in [-0.4, -0.2) is 69.6 Å². The highest BCUT2D eigenvalue weighted by molar-refractivity contribution is 5.80. The maximum Gasteiger partial charge on any atom is 0.227 e. The summed E-state index contributed by atoms with van der Waals surface area (Å²) >= 11 is 0. The lowest BCUT2D eigenvalue weighted by molar-refractivity contribution is -0.132. The highest BCUT2D eigenvalue weighted by Crippen LogP contribution is 2.34. The lowest BCUT2D eigenvalue weighted by Gasteiger charge is -2.23. The summed E-state index contributed by atoms with van der Waals surface area (Å²) in [5, 5.41) is 0. The van der Waals surface area contributed by atoms with Crippen molar-refractivity contribution in [3.05, 3.63) is 127 Å². The van der Waals surface area contributed by atoms with Crippen LogP contribution >= 0.6 is 0 Å². The summed E-state index contributed by atoms with van der Waals surface area (Å²) in [4.78, 5) is 59.8. The normalized spacial score (nSPS) is 17.4. The van der Waals surface area contributed by atoms with E-state index >= 15 is 0 Å². The first-order valence-electron chi connectivity index (χ1n) is 17.1. The number of hydrogen-bond donors (Lipinski definition) is 2. The Kier molecular flexibility index (Phi) is 8.68. The molecular weight excluding hydrogens is 626 g/mol. The van der Waals surface area contributed by atoms with Crippen LogP contribution in [0.2, 0.25) is 0 Å². The standard InChI is InChI=1S/C39H37N9O2/c49-35(19-26-7-2-1-3-8-26)47-17-5-10-33(47)38-43-24-31(45-38)28-12-14-29(15-13-28)37-41-22-30(23-42-37)32-25-44-39(46-32)34-11-6-18-48(34)36(50)20-27-9-4-16-40-21-27/h1-4,7-9,12-16,21-25,33-34H,5-6,10-11,17-20H2,(H,43,45)(H,44,46)/t33-,34-/m0/s1. The number of imidazole rings is 2. The van der Waals surface area contributed by atoms with Gasteiger partial charge in [0.1, 0.15) is 11.6 Å². The minimum atomic E-state index is -0.0863. The molecule has 0 bridgehead atoms. The van der Waals surface area contributed by atoms with E-state index in [9.17, 15) is 9.59 Å². The number of hydrogen-bond acceptors (Lipinski definition) is 7. The van der Waals surface area contributed by atoms with E-state index in [4.69, 9.17) is 0 Å². The lowest BCUT2D eigenvalue weighted by Crippen LogP contribution is -2.32. The van der Waals surface area contributed by atoms with Crippen LogP contribution in [0.1, 0.15) is 60.5 Å². The SMILES string of the molecule is O=C(Cc1ccccc1)N1CCC[C@H]1c1ncc(-c2ccc(-c3ncc(-c4cnc([C@@H]5CCCN5C(=O)Cc5cccnc5)[nH]4)cn3)cc2)[nH]1. The molecule has 250 valence electrons. The Morgan fingerprint density at radius 3 is 1.76 bits per heavy atom. The van der Waals surface area contributed by atoms with Gasteiger partial charge in [0.15, 0.2) is 5.82 Å². The topological polar surface area (TPSA) is 137 Å². The molecular formula is C39H37N9O2. The Bertz CT molecular complexity index is 1920. The van der Waals surface area contributed by atoms with Gasteiger partial charge in [-0.3, -0.25) is 14.6 Å². The van der Waals surface area contributed by atoms with Gasteiger partial charge in [-0.05, 0) is 48.4 Å². The van der Waals surface area contributed by atoms with Crippen LogP contribution in [0, 0.1) is 0 Å². The molecule has 2 aliphatic heterocycles. The summed E-state index contributed by atoms with van der Waals surface area (Å²) in [5.41, 5.74) is 6.36. The predicted octanol–water partition coefficient (Wildman–Crippen LogP) is 6.13. The summed E-state index contributed by atoms with van der Waals surface area (Å²) in [7, 11) is 0. The average molecular weight is 664 g/mol. The number of nitrogens with one attached hydrogen (secondary N) is 2. The molecule has 6 aromatic rings. The number of H-pyrrole nitrogens is 2. The summed E-state index contributed by atoms with van der Waals surface area (Å²) < 4.78 is 0. The number of pyridine rings is 1. The van der Waals surface area contributed by atoms with Crippen molar-refractivity contribution in [1.82, 2.24) is 44.7 Å². The van der Waals surface area contributed by atoms with Gasteiger partial charge in [0, 0.05) is 49.0 Å². The second-order valence-electron chi connectivity index (χ2n) is 12.9. The molecule has 11 heteroatoms. The number of aromatic nitrogens is 7. The molecule has 2 N–H and O–H groups in total. The molecule has 2 fully saturated rings. The number of carbonyl (C=O) groups excluding carboxylic acids is 2. The third kappa shape index (κ3) is 6.54. The van der Waals surface area contributed by atoms with Crippen LogP contribution in [0.25, 0.3) is 33.9 Å². The zero-order valence-corrected chi connectivity index (χ0v) is 27.6. The minimum Gasteiger partial charge on any atom is -0.340 e. The number of aromatic amines is 2. The average Bonchev–Trinajstić information content (AvgIpc) is 3.99. The van der Waals surface area contributed by atoms with Gasteiger partial charge in [0.05, 0.1) is 48.7 Å². The van der Waals surface area contributed by atoms with Crippen molar-refractivity contribution >= 4 is 11.8 Å². The number of likely N-dealkylation sites (tertiary alicyclic amines) is 2. The van der Waals surface area contributed by atoms with Gasteiger partial charge in [-0.15, -0.1) is 0 Å². The van der Waals surface area contributed by atoms with E-state index in [1.54, 1.807) is 31.0 Å². The molecule has 2 aromatic carbocycles. The number of amides is 2. The monoisotopic (exact) mass is 663 g/mol. The molecule has 0 unspecified atom stereocenters. The Morgan fingerprint density at radius 2 is 1.16 bits per heavy atom. The van der Waals surface area contributed by atoms with Gasteiger partial charge in [-0.1, -0.05) is 60.7 Å². The molecule has 2 amide bonds. The largest absolute Gasteiger partial charge is 0.340 e. The van der Waals surface area contributed by atoms with Crippen LogP contribution in [0.5, 0.6) is 0 Å². The number of carbonyl (C=O) groups is 2. The molecule has 2 atom stereocenters. The summed E-state index contributed by atoms with van der Waals surface area (Å²) in [6.45, 7) is 1.46. The fraction of sp³-hybridized carbons (Fsp3) is 0.256. The number of benzene rings is 2. The zero-order valence-electron chi connectivity index (χ0n) is 27.6. The van der Waals surface area contributed by atoms with Crippen molar-refractivity contribution in [3.63, 3.8) is 0 Å². The Hall–Kier alpha value is -5.97. The second-order valence-corrected chi connectivity index (χ2v) is 12.9. The van der Waals surface area contributed by atoms with Gasteiger partial charge in [0.25, 0.3) is 0 Å². The van der Waals surface area contributed by atoms with Crippen molar-refractivity contribution in [2.24, 2.45) is 0 Å². The molecule has 0 saturated carbocycles. The molecule has 4 aromatic heterocycles. The van der Waals surface area contributed by atoms with Crippen LogP contribution in [-0.2, 0) is 22.4 Å². The van der Waals surface area contributed by atoms with Crippen LogP contribution in [0.4, 0.5) is 0 Å². The summed E-state index contributed by atoms with van der Waals surface area (Å²) in [6.07, 6.45) is 15.0. The molecule has 0 aliphatic carbocycles. The Morgan fingerprint density at radius 1 is 0.600 bits per heavy atom. The van der Waals surface area contributed by atoms with Crippen LogP contribution < -0.4 is 0 Å². The van der Waals surface area contributed by atoms with Gasteiger partial charge in [0.2, 0.25) is 11.8 Å². The van der Waals surface area contributed by atoms with Crippen LogP contribution in [0.15, 0.2) is 104 Å². The highest BCUT2D eigenvalue weighted by atomic mass is 16.2. The molecule has 11 nitrogen and oxygen atoms in total. The van der Waals surface area contributed by atoms with Gasteiger partial charge in [-0.25, -0.2) is 19.9 Å². The molecule has 2 saturated heterocycles. The van der Waals surface area contributed by atoms with E-state index in [2.05, 4.69) is 34.9 Å². The van der Waals surface area contributed by atoms with Gasteiger partial charge >= 0.3 is 0 Å². The maximum atomic E-state index is 13.1. The first-order chi connectivity index (χ1) is 24.6. The minimum absolute atomic E-state index is 0.0471. The van der Waals surface area contributed by atoms with E-state index in [1.807, 2.05) is 82.7 Å². The molecule has 8 rings (SSSR count). The molecule has 0 spiro atoms.